The number of amides is 2. The number of aromatic nitrogens is 1. The molecule has 0 aliphatic carbocycles. The van der Waals surface area contributed by atoms with E-state index in [0.717, 1.165) is 33.3 Å². The fraction of sp³-hybridized carbons (Fsp3) is 0.241. The Morgan fingerprint density at radius 1 is 1.03 bits per heavy atom. The molecule has 36 heavy (non-hydrogen) atoms. The van der Waals surface area contributed by atoms with E-state index in [4.69, 9.17) is 4.74 Å². The Labute approximate surface area is 208 Å². The van der Waals surface area contributed by atoms with Gasteiger partial charge in [-0.1, -0.05) is 42.5 Å². The number of hydrogen-bond acceptors (Lipinski definition) is 3. The van der Waals surface area contributed by atoms with Crippen molar-refractivity contribution >= 4 is 22.7 Å². The van der Waals surface area contributed by atoms with Gasteiger partial charge in [0.2, 0.25) is 11.8 Å². The number of para-hydroxylation sites is 1. The first-order valence-corrected chi connectivity index (χ1v) is 12.1. The number of benzene rings is 3. The van der Waals surface area contributed by atoms with Gasteiger partial charge in [-0.05, 0) is 53.4 Å². The first kappa shape index (κ1) is 22.3. The van der Waals surface area contributed by atoms with Gasteiger partial charge in [-0.2, -0.15) is 0 Å². The summed E-state index contributed by atoms with van der Waals surface area (Å²) in [5, 5.41) is 1.07. The third-order valence-electron chi connectivity index (χ3n) is 7.34. The number of methoxy groups -OCH3 is 1. The average Bonchev–Trinajstić information content (AvgIpc) is 3.28. The molecule has 3 heterocycles. The lowest BCUT2D eigenvalue weighted by atomic mass is 9.86. The Morgan fingerprint density at radius 2 is 1.83 bits per heavy atom. The van der Waals surface area contributed by atoms with Crippen LogP contribution >= 0.6 is 0 Å². The smallest absolute Gasteiger partial charge is 0.246 e. The van der Waals surface area contributed by atoms with Crippen molar-refractivity contribution in [2.75, 3.05) is 20.2 Å². The number of carbonyl (C=O) groups excluding carboxylic acids is 2. The monoisotopic (exact) mass is 483 g/mol. The zero-order valence-electron chi connectivity index (χ0n) is 19.9. The number of aromatic amines is 1. The number of nitrogens with one attached hydrogen (secondary N) is 1. The molecule has 1 saturated heterocycles. The first-order chi connectivity index (χ1) is 17.5. The van der Waals surface area contributed by atoms with E-state index in [2.05, 4.69) is 11.1 Å². The minimum Gasteiger partial charge on any atom is -0.497 e. The third kappa shape index (κ3) is 3.71. The van der Waals surface area contributed by atoms with Gasteiger partial charge in [0.25, 0.3) is 0 Å². The van der Waals surface area contributed by atoms with Crippen LogP contribution in [0.4, 0.5) is 4.39 Å². The van der Waals surface area contributed by atoms with Gasteiger partial charge in [0.15, 0.2) is 0 Å². The maximum atomic E-state index is 13.8. The summed E-state index contributed by atoms with van der Waals surface area (Å²) in [6, 6.07) is 21.0. The molecular weight excluding hydrogens is 457 g/mol. The molecule has 1 aromatic heterocycles. The van der Waals surface area contributed by atoms with Crippen LogP contribution < -0.4 is 4.74 Å². The van der Waals surface area contributed by atoms with E-state index in [1.54, 1.807) is 29.0 Å². The normalized spacial score (nSPS) is 19.4. The van der Waals surface area contributed by atoms with Gasteiger partial charge >= 0.3 is 0 Å². The average molecular weight is 484 g/mol. The molecule has 4 aromatic rings. The van der Waals surface area contributed by atoms with Crippen LogP contribution in [-0.4, -0.2) is 52.8 Å². The lowest BCUT2D eigenvalue weighted by molar-refractivity contribution is -0.158. The van der Waals surface area contributed by atoms with Crippen molar-refractivity contribution in [3.63, 3.8) is 0 Å². The molecule has 182 valence electrons. The van der Waals surface area contributed by atoms with Crippen LogP contribution in [0.5, 0.6) is 5.75 Å². The van der Waals surface area contributed by atoms with Crippen molar-refractivity contribution in [3.8, 4) is 5.75 Å². The molecule has 2 aliphatic rings. The molecule has 0 spiro atoms. The van der Waals surface area contributed by atoms with Gasteiger partial charge in [0, 0.05) is 29.6 Å². The third-order valence-corrected chi connectivity index (χ3v) is 7.34. The van der Waals surface area contributed by atoms with Crippen molar-refractivity contribution in [2.45, 2.75) is 24.9 Å². The number of fused-ring (bicyclic) bond motifs is 4. The van der Waals surface area contributed by atoms with Gasteiger partial charge in [0.05, 0.1) is 19.7 Å². The lowest BCUT2D eigenvalue weighted by Gasteiger charge is -2.47. The number of ether oxygens (including phenoxy) is 1. The lowest BCUT2D eigenvalue weighted by Crippen LogP contribution is -2.63. The number of hydrogen-bond donors (Lipinski definition) is 1. The van der Waals surface area contributed by atoms with Crippen molar-refractivity contribution in [1.29, 1.82) is 0 Å². The van der Waals surface area contributed by atoms with Crippen LogP contribution in [0.25, 0.3) is 10.9 Å². The van der Waals surface area contributed by atoms with Crippen LogP contribution in [0, 0.1) is 5.82 Å². The molecule has 0 saturated carbocycles. The van der Waals surface area contributed by atoms with Gasteiger partial charge in [-0.25, -0.2) is 4.39 Å². The number of halogens is 1. The standard InChI is InChI=1S/C29H26FN3O3/c1-36-21-6-4-5-19(15-21)28-27-23(22-7-2-3-8-24(22)31-27)16-25-29(35)32(17-26(34)33(25)28)14-13-18-9-11-20(30)12-10-18/h2-12,15,25,28,31H,13-14,16-17H2,1H3/t25-,28?/m0/s1. The molecule has 2 atom stereocenters. The fourth-order valence-corrected chi connectivity index (χ4v) is 5.59. The van der Waals surface area contributed by atoms with Crippen LogP contribution in [-0.2, 0) is 22.4 Å². The molecule has 0 radical (unpaired) electrons. The highest BCUT2D eigenvalue weighted by Gasteiger charge is 2.48. The highest BCUT2D eigenvalue weighted by atomic mass is 19.1. The Balaban J connectivity index is 1.39. The first-order valence-electron chi connectivity index (χ1n) is 12.1. The minimum absolute atomic E-state index is 0.0204. The molecule has 6 nitrogen and oxygen atoms in total. The van der Waals surface area contributed by atoms with Crippen molar-refractivity contribution in [1.82, 2.24) is 14.8 Å². The van der Waals surface area contributed by atoms with E-state index in [-0.39, 0.29) is 24.2 Å². The maximum Gasteiger partial charge on any atom is 0.246 e. The van der Waals surface area contributed by atoms with Crippen molar-refractivity contribution < 1.29 is 18.7 Å². The largest absolute Gasteiger partial charge is 0.497 e. The number of H-pyrrole nitrogens is 1. The Kier molecular flexibility index (Phi) is 5.48. The molecule has 2 aliphatic heterocycles. The van der Waals surface area contributed by atoms with Crippen molar-refractivity contribution in [2.24, 2.45) is 0 Å². The second-order valence-electron chi connectivity index (χ2n) is 9.40. The van der Waals surface area contributed by atoms with E-state index >= 15 is 0 Å². The van der Waals surface area contributed by atoms with Gasteiger partial charge in [-0.3, -0.25) is 9.59 Å². The molecule has 3 aromatic carbocycles. The zero-order valence-corrected chi connectivity index (χ0v) is 19.9. The zero-order chi connectivity index (χ0) is 24.8. The molecular formula is C29H26FN3O3. The Bertz CT molecular complexity index is 1460. The van der Waals surface area contributed by atoms with E-state index in [1.165, 1.54) is 12.1 Å². The quantitative estimate of drug-likeness (QED) is 0.462. The predicted octanol–water partition coefficient (Wildman–Crippen LogP) is 4.24. The van der Waals surface area contributed by atoms with Crippen molar-refractivity contribution in [3.05, 3.63) is 101 Å². The topological polar surface area (TPSA) is 65.6 Å². The number of nitrogens with zero attached hydrogens (tertiary/aromatic N) is 2. The van der Waals surface area contributed by atoms with Crippen LogP contribution in [0.3, 0.4) is 0 Å². The maximum absolute atomic E-state index is 13.8. The summed E-state index contributed by atoms with van der Waals surface area (Å²) < 4.78 is 18.7. The molecule has 7 heteroatoms. The summed E-state index contributed by atoms with van der Waals surface area (Å²) in [4.78, 5) is 34.4. The van der Waals surface area contributed by atoms with Gasteiger partial charge < -0.3 is 19.5 Å². The molecule has 2 amide bonds. The highest BCUT2D eigenvalue weighted by Crippen LogP contribution is 2.43. The molecule has 1 N–H and O–H groups in total. The summed E-state index contributed by atoms with van der Waals surface area (Å²) in [5.74, 6) is 0.263. The SMILES string of the molecule is COc1cccc(C2c3[nH]c4ccccc4c3C[C@H]3C(=O)N(CCc4ccc(F)cc4)CC(=O)N23)c1. The summed E-state index contributed by atoms with van der Waals surface area (Å²) in [5.41, 5.74) is 4.83. The van der Waals surface area contributed by atoms with Crippen LogP contribution in [0.15, 0.2) is 72.8 Å². The summed E-state index contributed by atoms with van der Waals surface area (Å²) in [6.07, 6.45) is 1.01. The molecule has 0 bridgehead atoms. The Hall–Kier alpha value is -4.13. The number of rotatable bonds is 5. The van der Waals surface area contributed by atoms with E-state index in [9.17, 15) is 14.0 Å². The van der Waals surface area contributed by atoms with E-state index in [1.807, 2.05) is 42.5 Å². The second kappa shape index (κ2) is 8.82. The molecule has 1 unspecified atom stereocenters. The van der Waals surface area contributed by atoms with E-state index < -0.39 is 12.1 Å². The predicted molar refractivity (Wildman–Crippen MR) is 134 cm³/mol. The highest BCUT2D eigenvalue weighted by molar-refractivity contribution is 5.97. The van der Waals surface area contributed by atoms with Crippen LogP contribution in [0.2, 0.25) is 0 Å². The minimum atomic E-state index is -0.595. The summed E-state index contributed by atoms with van der Waals surface area (Å²) >= 11 is 0. The summed E-state index contributed by atoms with van der Waals surface area (Å²) in [6.45, 7) is 0.428. The Morgan fingerprint density at radius 3 is 2.64 bits per heavy atom. The summed E-state index contributed by atoms with van der Waals surface area (Å²) in [7, 11) is 1.62. The second-order valence-corrected chi connectivity index (χ2v) is 9.40. The molecule has 6 rings (SSSR count). The van der Waals surface area contributed by atoms with Gasteiger partial charge in [0.1, 0.15) is 17.6 Å². The number of carbonyl (C=O) groups is 2. The van der Waals surface area contributed by atoms with Gasteiger partial charge in [-0.15, -0.1) is 0 Å². The number of piperazine rings is 1. The molecule has 1 fully saturated rings. The fourth-order valence-electron chi connectivity index (χ4n) is 5.59. The van der Waals surface area contributed by atoms with Crippen LogP contribution in [0.1, 0.15) is 28.4 Å². The van der Waals surface area contributed by atoms with E-state index in [0.29, 0.717) is 25.1 Å².